The van der Waals surface area contributed by atoms with E-state index in [2.05, 4.69) is 20.9 Å². The van der Waals surface area contributed by atoms with Crippen LogP contribution in [0.3, 0.4) is 0 Å². The van der Waals surface area contributed by atoms with E-state index in [4.69, 9.17) is 13.8 Å². The molecular weight excluding hydrogens is 325 g/mol. The zero-order chi connectivity index (χ0) is 13.8. The molecule has 0 bridgehead atoms. The van der Waals surface area contributed by atoms with Crippen LogP contribution in [-0.2, 0) is 13.6 Å². The minimum absolute atomic E-state index is 0.200. The number of rotatable bonds is 5. The number of hydrogen-bond donors (Lipinski definition) is 1. The summed E-state index contributed by atoms with van der Waals surface area (Å²) in [7, 11) is 0.410. The van der Waals surface area contributed by atoms with Gasteiger partial charge in [0.25, 0.3) is 0 Å². The van der Waals surface area contributed by atoms with Crippen LogP contribution in [0, 0.1) is 0 Å². The first-order valence-electron chi connectivity index (χ1n) is 4.78. The number of methoxy groups -OCH3 is 1. The second-order valence-electron chi connectivity index (χ2n) is 3.13. The quantitative estimate of drug-likeness (QED) is 0.656. The van der Waals surface area contributed by atoms with Gasteiger partial charge in [0.15, 0.2) is 0 Å². The molecular formula is C10H13BrNO5P. The molecule has 1 aromatic heterocycles. The maximum absolute atomic E-state index is 11.9. The Bertz CT molecular complexity index is 497. The molecule has 0 saturated heterocycles. The van der Waals surface area contributed by atoms with Gasteiger partial charge in [0.05, 0.1) is 18.5 Å². The molecule has 1 N–H and O–H groups in total. The van der Waals surface area contributed by atoms with Gasteiger partial charge < -0.3 is 18.9 Å². The molecule has 100 valence electrons. The summed E-state index contributed by atoms with van der Waals surface area (Å²) < 4.78 is 26.9. The molecule has 1 aromatic rings. The monoisotopic (exact) mass is 337 g/mol. The maximum atomic E-state index is 11.9. The van der Waals surface area contributed by atoms with E-state index >= 15 is 0 Å². The van der Waals surface area contributed by atoms with E-state index in [1.54, 1.807) is 6.07 Å². The Morgan fingerprint density at radius 3 is 2.56 bits per heavy atom. The Kier molecular flexibility index (Phi) is 5.34. The summed E-state index contributed by atoms with van der Waals surface area (Å²) in [6.45, 7) is 0. The third-order valence-corrected chi connectivity index (χ3v) is 4.09. The molecule has 18 heavy (non-hydrogen) atoms. The lowest BCUT2D eigenvalue weighted by atomic mass is 10.2. The van der Waals surface area contributed by atoms with Gasteiger partial charge >= 0.3 is 7.60 Å². The predicted octanol–water partition coefficient (Wildman–Crippen LogP) is 3.20. The van der Waals surface area contributed by atoms with Crippen LogP contribution in [0.5, 0.6) is 5.88 Å². The van der Waals surface area contributed by atoms with Gasteiger partial charge in [0.2, 0.25) is 5.88 Å². The number of pyridine rings is 1. The van der Waals surface area contributed by atoms with Crippen molar-refractivity contribution < 1.29 is 23.5 Å². The van der Waals surface area contributed by atoms with E-state index in [9.17, 15) is 9.67 Å². The smallest absolute Gasteiger partial charge is 0.357 e. The number of aliphatic hydroxyl groups is 1. The maximum Gasteiger partial charge on any atom is 0.357 e. The number of nitrogens with zero attached hydrogens (tertiary/aromatic N) is 1. The lowest BCUT2D eigenvalue weighted by molar-refractivity contribution is 0.285. The van der Waals surface area contributed by atoms with Crippen molar-refractivity contribution in [1.82, 2.24) is 4.98 Å². The molecule has 0 aliphatic heterocycles. The average Bonchev–Trinajstić information content (AvgIpc) is 2.38. The van der Waals surface area contributed by atoms with Crippen molar-refractivity contribution in [3.63, 3.8) is 0 Å². The fourth-order valence-electron chi connectivity index (χ4n) is 1.17. The molecule has 1 heterocycles. The zero-order valence-electron chi connectivity index (χ0n) is 10.1. The summed E-state index contributed by atoms with van der Waals surface area (Å²) in [6, 6.07) is 1.58. The molecule has 0 unspecified atom stereocenters. The molecule has 0 aliphatic rings. The van der Waals surface area contributed by atoms with Crippen molar-refractivity contribution in [3.05, 3.63) is 28.1 Å². The van der Waals surface area contributed by atoms with Gasteiger partial charge in [0, 0.05) is 24.9 Å². The van der Waals surface area contributed by atoms with E-state index in [1.165, 1.54) is 27.5 Å². The molecule has 0 fully saturated rings. The topological polar surface area (TPSA) is 77.9 Å². The van der Waals surface area contributed by atoms with Gasteiger partial charge in [-0.1, -0.05) is 0 Å². The van der Waals surface area contributed by atoms with Crippen LogP contribution < -0.4 is 4.74 Å². The third-order valence-electron chi connectivity index (χ3n) is 2.08. The molecule has 0 aliphatic carbocycles. The van der Waals surface area contributed by atoms with Crippen LogP contribution in [0.2, 0.25) is 0 Å². The summed E-state index contributed by atoms with van der Waals surface area (Å²) in [4.78, 5) is 3.96. The first-order valence-corrected chi connectivity index (χ1v) is 7.19. The molecule has 0 spiro atoms. The lowest BCUT2D eigenvalue weighted by Gasteiger charge is -2.11. The van der Waals surface area contributed by atoms with Gasteiger partial charge in [0.1, 0.15) is 5.76 Å². The van der Waals surface area contributed by atoms with Crippen LogP contribution in [0.15, 0.2) is 22.6 Å². The van der Waals surface area contributed by atoms with Gasteiger partial charge in [-0.2, -0.15) is 0 Å². The van der Waals surface area contributed by atoms with Crippen molar-refractivity contribution >= 4 is 29.3 Å². The predicted molar refractivity (Wildman–Crippen MR) is 70.7 cm³/mol. The van der Waals surface area contributed by atoms with Crippen LogP contribution >= 0.6 is 23.5 Å². The Balaban J connectivity index is 3.25. The largest absolute Gasteiger partial charge is 0.507 e. The summed E-state index contributed by atoms with van der Waals surface area (Å²) >= 11 is 3.22. The minimum atomic E-state index is -3.46. The fourth-order valence-corrected chi connectivity index (χ4v) is 2.30. The van der Waals surface area contributed by atoms with Crippen LogP contribution in [0.1, 0.15) is 5.56 Å². The first kappa shape index (κ1) is 15.2. The zero-order valence-corrected chi connectivity index (χ0v) is 12.6. The average molecular weight is 338 g/mol. The Morgan fingerprint density at radius 1 is 1.44 bits per heavy atom. The molecule has 0 atom stereocenters. The van der Waals surface area contributed by atoms with E-state index in [0.29, 0.717) is 4.47 Å². The normalized spacial score (nSPS) is 12.6. The van der Waals surface area contributed by atoms with Gasteiger partial charge in [-0.15, -0.1) is 0 Å². The Morgan fingerprint density at radius 2 is 2.06 bits per heavy atom. The molecule has 8 heteroatoms. The second-order valence-corrected chi connectivity index (χ2v) is 6.11. The van der Waals surface area contributed by atoms with E-state index in [-0.39, 0.29) is 17.2 Å². The number of aliphatic hydroxyl groups excluding tert-OH is 1. The number of ether oxygens (including phenoxy) is 1. The molecule has 0 radical (unpaired) electrons. The highest BCUT2D eigenvalue weighted by atomic mass is 79.9. The summed E-state index contributed by atoms with van der Waals surface area (Å²) in [6.07, 6.45) is 1.52. The van der Waals surface area contributed by atoms with Gasteiger partial charge in [-0.3, -0.25) is 4.57 Å². The molecule has 6 nitrogen and oxygen atoms in total. The first-order chi connectivity index (χ1) is 8.45. The minimum Gasteiger partial charge on any atom is -0.507 e. The molecule has 0 amide bonds. The van der Waals surface area contributed by atoms with E-state index in [1.807, 2.05) is 0 Å². The SMILES string of the molecule is COc1ncc(Br)cc1/C(O)=C/P(=O)(OC)OC. The Labute approximate surface area is 113 Å². The van der Waals surface area contributed by atoms with Crippen molar-refractivity contribution in [2.45, 2.75) is 0 Å². The lowest BCUT2D eigenvalue weighted by Crippen LogP contribution is -1.95. The van der Waals surface area contributed by atoms with E-state index < -0.39 is 7.60 Å². The molecule has 0 aromatic carbocycles. The van der Waals surface area contributed by atoms with Crippen LogP contribution in [-0.4, -0.2) is 31.4 Å². The van der Waals surface area contributed by atoms with Crippen molar-refractivity contribution in [1.29, 1.82) is 0 Å². The number of aromatic nitrogens is 1. The van der Waals surface area contributed by atoms with Crippen LogP contribution in [0.4, 0.5) is 0 Å². The van der Waals surface area contributed by atoms with Gasteiger partial charge in [-0.25, -0.2) is 4.98 Å². The number of hydrogen-bond acceptors (Lipinski definition) is 6. The number of halogens is 1. The Hall–Kier alpha value is -0.880. The van der Waals surface area contributed by atoms with Crippen LogP contribution in [0.25, 0.3) is 5.76 Å². The summed E-state index contributed by atoms with van der Waals surface area (Å²) in [5.74, 6) is 0.900. The highest BCUT2D eigenvalue weighted by molar-refractivity contribution is 9.10. The van der Waals surface area contributed by atoms with E-state index in [0.717, 1.165) is 5.82 Å². The van der Waals surface area contributed by atoms with Crippen molar-refractivity contribution in [3.8, 4) is 5.88 Å². The van der Waals surface area contributed by atoms with Crippen molar-refractivity contribution in [2.24, 2.45) is 0 Å². The second kappa shape index (κ2) is 6.33. The molecule has 0 saturated carbocycles. The summed E-state index contributed by atoms with van der Waals surface area (Å²) in [5, 5.41) is 9.94. The highest BCUT2D eigenvalue weighted by Crippen LogP contribution is 2.50. The fraction of sp³-hybridized carbons (Fsp3) is 0.300. The van der Waals surface area contributed by atoms with Gasteiger partial charge in [-0.05, 0) is 22.0 Å². The highest BCUT2D eigenvalue weighted by Gasteiger charge is 2.21. The standard InChI is InChI=1S/C10H13BrNO5P/c1-15-10-8(4-7(11)5-12-10)9(13)6-18(14,16-2)17-3/h4-6,13H,1-3H3/b9-6-. The summed E-state index contributed by atoms with van der Waals surface area (Å²) in [5.41, 5.74) is 0.279. The van der Waals surface area contributed by atoms with Crippen molar-refractivity contribution in [2.75, 3.05) is 21.3 Å². The third kappa shape index (κ3) is 3.55. The molecule has 1 rings (SSSR count).